The summed E-state index contributed by atoms with van der Waals surface area (Å²) in [4.78, 5) is 9.76. The summed E-state index contributed by atoms with van der Waals surface area (Å²) in [5, 5.41) is 11.5. The number of pyridine rings is 1. The Morgan fingerprint density at radius 3 is 2.10 bits per heavy atom. The zero-order valence-corrected chi connectivity index (χ0v) is 34.0. The van der Waals surface area contributed by atoms with Crippen LogP contribution in [0.15, 0.2) is 152 Å². The highest BCUT2D eigenvalue weighted by Crippen LogP contribution is 2.43. The molecule has 0 aliphatic carbocycles. The SMILES string of the molecule is [2H]c1cc(-c2c([2H])c([2H])nc(-c3cc(-c4cccc5c4nc(-c4ccccc4O)n5-c4ccc(C(C)(C)CC)cc4-c4ccccc4)cc(C(C)(C)C)c3)c2[2H])c([2H])c([2H])c1C(C([2H])([2H])[2H])(C([2H])([2H])[2H])C([2H])([2H])[2H]. The van der Waals surface area contributed by atoms with Gasteiger partial charge in [-0.15, -0.1) is 0 Å². The molecule has 2 heterocycles. The van der Waals surface area contributed by atoms with Crippen LogP contribution in [-0.4, -0.2) is 19.6 Å². The number of rotatable bonds is 8. The van der Waals surface area contributed by atoms with Crippen LogP contribution in [0, 0.1) is 0 Å². The van der Waals surface area contributed by atoms with E-state index in [0.29, 0.717) is 39.1 Å². The van der Waals surface area contributed by atoms with E-state index in [9.17, 15) is 6.48 Å². The number of hydrogen-bond donors (Lipinski definition) is 1. The first kappa shape index (κ1) is 25.3. The summed E-state index contributed by atoms with van der Waals surface area (Å²) < 4.78 is 131. The van der Waals surface area contributed by atoms with Gasteiger partial charge < -0.3 is 5.11 Å². The van der Waals surface area contributed by atoms with Gasteiger partial charge in [-0.1, -0.05) is 153 Å². The van der Waals surface area contributed by atoms with Gasteiger partial charge in [0.1, 0.15) is 11.6 Å². The van der Waals surface area contributed by atoms with E-state index in [-0.39, 0.29) is 16.9 Å². The minimum Gasteiger partial charge on any atom is -0.507 e. The molecule has 1 N–H and O–H groups in total. The Morgan fingerprint density at radius 1 is 0.610 bits per heavy atom. The van der Waals surface area contributed by atoms with Gasteiger partial charge in [0, 0.05) is 35.2 Å². The van der Waals surface area contributed by atoms with Gasteiger partial charge >= 0.3 is 0 Å². The van der Waals surface area contributed by atoms with Crippen LogP contribution < -0.4 is 0 Å². The predicted molar refractivity (Wildman–Crippen MR) is 248 cm³/mol. The molecule has 0 bridgehead atoms. The quantitative estimate of drug-likeness (QED) is 0.167. The Hall–Kier alpha value is -6.26. The van der Waals surface area contributed by atoms with E-state index in [1.54, 1.807) is 24.3 Å². The van der Waals surface area contributed by atoms with Crippen molar-refractivity contribution in [3.8, 4) is 67.5 Å². The third-order valence-corrected chi connectivity index (χ3v) is 11.1. The third-order valence-electron chi connectivity index (χ3n) is 11.1. The monoisotopic (exact) mass is 789 g/mol. The summed E-state index contributed by atoms with van der Waals surface area (Å²) in [5.41, 5.74) is 1.35. The maximum absolute atomic E-state index is 11.5. The molecule has 0 aliphatic rings. The van der Waals surface area contributed by atoms with Crippen LogP contribution in [-0.2, 0) is 16.2 Å². The van der Waals surface area contributed by atoms with Crippen LogP contribution in [0.5, 0.6) is 5.75 Å². The highest BCUT2D eigenvalue weighted by molar-refractivity contribution is 5.97. The molecule has 0 fully saturated rings. The summed E-state index contributed by atoms with van der Waals surface area (Å²) in [5.74, 6) is 0.490. The largest absolute Gasteiger partial charge is 0.507 e. The van der Waals surface area contributed by atoms with Gasteiger partial charge in [0.25, 0.3) is 0 Å². The predicted octanol–water partition coefficient (Wildman–Crippen LogP) is 14.7. The van der Waals surface area contributed by atoms with Crippen LogP contribution >= 0.6 is 0 Å². The number of phenols is 1. The van der Waals surface area contributed by atoms with Crippen molar-refractivity contribution >= 4 is 11.0 Å². The summed E-state index contributed by atoms with van der Waals surface area (Å²) >= 11 is 0. The second-order valence-corrected chi connectivity index (χ2v) is 16.6. The zero-order valence-electron chi connectivity index (χ0n) is 49.0. The van der Waals surface area contributed by atoms with Crippen LogP contribution in [0.25, 0.3) is 72.7 Å². The lowest BCUT2D eigenvalue weighted by Gasteiger charge is -2.25. The van der Waals surface area contributed by atoms with Crippen molar-refractivity contribution in [2.75, 3.05) is 0 Å². The standard InChI is InChI=1S/C55H55N3O/c1-10-55(8,9)42-27-28-48(46(35-42)37-17-12-11-13-18-37)58-49-21-16-20-44(51(49)57-52(58)45-19-14-15-22-50(45)59)39-31-40(33-43(32-39)54(5,6)7)47-34-38(29-30-56-47)36-23-25-41(26-24-36)53(2,3)4/h11-35,59H,10H2,1-9H3/i2D3,3D3,4D3,23D,25D,26D,29D,30D,34D. The molecule has 0 radical (unpaired) electrons. The van der Waals surface area contributed by atoms with Gasteiger partial charge in [-0.2, -0.15) is 0 Å². The molecular formula is C55H55N3O. The van der Waals surface area contributed by atoms with Crippen molar-refractivity contribution in [1.82, 2.24) is 14.5 Å². The molecule has 4 heteroatoms. The van der Waals surface area contributed by atoms with Crippen molar-refractivity contribution in [1.29, 1.82) is 0 Å². The Kier molecular flexibility index (Phi) is 6.49. The van der Waals surface area contributed by atoms with Gasteiger partial charge in [-0.25, -0.2) is 4.98 Å². The Morgan fingerprint density at radius 2 is 1.36 bits per heavy atom. The fourth-order valence-electron chi connectivity index (χ4n) is 7.25. The Labute approximate surface area is 371 Å². The van der Waals surface area contributed by atoms with Crippen molar-refractivity contribution in [3.05, 3.63) is 168 Å². The molecule has 6 aromatic carbocycles. The molecular weight excluding hydrogens is 719 g/mol. The molecule has 0 saturated carbocycles. The lowest BCUT2D eigenvalue weighted by molar-refractivity contribution is 0.477. The van der Waals surface area contributed by atoms with Crippen molar-refractivity contribution < 1.29 is 25.7 Å². The van der Waals surface area contributed by atoms with Gasteiger partial charge in [0.2, 0.25) is 0 Å². The zero-order chi connectivity index (χ0) is 54.4. The highest BCUT2D eigenvalue weighted by Gasteiger charge is 2.26. The number of aromatic nitrogens is 3. The maximum Gasteiger partial charge on any atom is 0.149 e. The Balaban J connectivity index is 1.40. The second-order valence-electron chi connectivity index (χ2n) is 16.6. The number of hydrogen-bond acceptors (Lipinski definition) is 3. The van der Waals surface area contributed by atoms with E-state index in [4.69, 9.17) is 24.2 Å². The van der Waals surface area contributed by atoms with E-state index in [0.717, 1.165) is 40.4 Å². The number of phenolic OH excluding ortho intramolecular Hbond substituents is 1. The molecule has 0 saturated heterocycles. The molecule has 0 aliphatic heterocycles. The van der Waals surface area contributed by atoms with Crippen molar-refractivity contribution in [2.24, 2.45) is 0 Å². The van der Waals surface area contributed by atoms with Crippen LogP contribution in [0.1, 0.15) is 106 Å². The third kappa shape index (κ3) is 7.72. The second kappa shape index (κ2) is 15.2. The minimum absolute atomic E-state index is 0.0215. The van der Waals surface area contributed by atoms with Crippen molar-refractivity contribution in [2.45, 2.75) is 84.8 Å². The first-order chi connectivity index (χ1) is 34.4. The lowest BCUT2D eigenvalue weighted by atomic mass is 9.81. The van der Waals surface area contributed by atoms with E-state index in [2.05, 4.69) is 56.1 Å². The number of nitrogens with zero attached hydrogens (tertiary/aromatic N) is 3. The molecule has 0 unspecified atom stereocenters. The molecule has 0 spiro atoms. The molecule has 296 valence electrons. The molecule has 59 heavy (non-hydrogen) atoms. The van der Waals surface area contributed by atoms with Crippen LogP contribution in [0.4, 0.5) is 0 Å². The van der Waals surface area contributed by atoms with E-state index in [1.165, 1.54) is 0 Å². The average Bonchev–Trinajstić information content (AvgIpc) is 3.71. The molecule has 0 atom stereocenters. The summed E-state index contributed by atoms with van der Waals surface area (Å²) in [6.07, 6.45) is 0.258. The highest BCUT2D eigenvalue weighted by atomic mass is 16.3. The van der Waals surface area contributed by atoms with Crippen LogP contribution in [0.3, 0.4) is 0 Å². The molecule has 8 aromatic rings. The van der Waals surface area contributed by atoms with Gasteiger partial charge in [0.15, 0.2) is 0 Å². The summed E-state index contributed by atoms with van der Waals surface area (Å²) in [7, 11) is 0. The number of benzene rings is 6. The number of fused-ring (bicyclic) bond motifs is 1. The van der Waals surface area contributed by atoms with E-state index >= 15 is 0 Å². The maximum atomic E-state index is 11.5. The topological polar surface area (TPSA) is 50.9 Å². The first-order valence-electron chi connectivity index (χ1n) is 27.1. The van der Waals surface area contributed by atoms with E-state index in [1.807, 2.05) is 79.9 Å². The lowest BCUT2D eigenvalue weighted by Crippen LogP contribution is -2.16. The van der Waals surface area contributed by atoms with Gasteiger partial charge in [-0.3, -0.25) is 9.55 Å². The summed E-state index contributed by atoms with van der Waals surface area (Å²) in [6.45, 7) is 1.09. The average molecular weight is 789 g/mol. The fourth-order valence-corrected chi connectivity index (χ4v) is 7.25. The molecule has 4 nitrogen and oxygen atoms in total. The van der Waals surface area contributed by atoms with Gasteiger partial charge in [-0.05, 0) is 116 Å². The Bertz CT molecular complexity index is 3460. The van der Waals surface area contributed by atoms with Gasteiger partial charge in [0.05, 0.1) is 36.2 Å². The minimum atomic E-state index is -3.83. The molecule has 0 amide bonds. The number of aromatic hydroxyl groups is 1. The summed E-state index contributed by atoms with van der Waals surface area (Å²) in [6, 6.07) is 31.3. The number of imidazole rings is 1. The molecule has 8 rings (SSSR count). The van der Waals surface area contributed by atoms with Crippen LogP contribution in [0.2, 0.25) is 0 Å². The van der Waals surface area contributed by atoms with E-state index < -0.39 is 84.5 Å². The molecule has 2 aromatic heterocycles. The fraction of sp³-hybridized carbons (Fsp3) is 0.236. The van der Waals surface area contributed by atoms with Crippen molar-refractivity contribution in [3.63, 3.8) is 0 Å². The first-order valence-corrected chi connectivity index (χ1v) is 19.6. The number of para-hydroxylation sites is 2. The normalized spacial score (nSPS) is 16.6. The smallest absolute Gasteiger partial charge is 0.149 e.